The lowest BCUT2D eigenvalue weighted by atomic mass is 10.0. The van der Waals surface area contributed by atoms with Gasteiger partial charge in [0.25, 0.3) is 7.82 Å². The third-order valence-electron chi connectivity index (χ3n) is 8.34. The number of quaternary nitrogens is 1. The molecule has 0 aliphatic heterocycles. The van der Waals surface area contributed by atoms with Crippen molar-refractivity contribution in [2.75, 3.05) is 47.5 Å². The van der Waals surface area contributed by atoms with Gasteiger partial charge in [0.1, 0.15) is 19.8 Å². The maximum absolute atomic E-state index is 12.6. The third kappa shape index (κ3) is 40.8. The fourth-order valence-electron chi connectivity index (χ4n) is 5.13. The van der Waals surface area contributed by atoms with E-state index in [1.807, 2.05) is 27.2 Å². The number of hydrogen-bond acceptors (Lipinski definition) is 7. The molecule has 9 heteroatoms. The first kappa shape index (κ1) is 50.8. The number of carbonyl (C=O) groups excluding carboxylic acids is 1. The van der Waals surface area contributed by atoms with Gasteiger partial charge in [0, 0.05) is 6.42 Å². The number of rotatable bonds is 37. The first-order valence-electron chi connectivity index (χ1n) is 20.7. The predicted octanol–water partition coefficient (Wildman–Crippen LogP) is 11.6. The standard InChI is InChI=1S/C44H78NO7P/c1-6-8-10-12-14-16-18-20-22-23-24-25-27-29-31-33-35-37-44(46)52-43(42-51-53(47,48)50-40-38-45(3,4)5)41-49-39-36-34-32-30-28-26-21-19-17-15-13-11-9-7-2/h8,10,14,16,20,22,24-25,29,31,36,39,43H,6-7,9,11-13,15,17-19,21,23,26-28,30,32-35,37-38,40-42H2,1-5H3/b10-8+,16-14+,22-20+,25-24+,31-29+,39-36-. The number of unbranched alkanes of at least 4 members (excludes halogenated alkanes) is 13. The number of nitrogens with zero attached hydrogens (tertiary/aromatic N) is 1. The van der Waals surface area contributed by atoms with Gasteiger partial charge < -0.3 is 27.9 Å². The second-order valence-corrected chi connectivity index (χ2v) is 16.1. The van der Waals surface area contributed by atoms with Gasteiger partial charge in [0.15, 0.2) is 6.10 Å². The Balaban J connectivity index is 4.45. The summed E-state index contributed by atoms with van der Waals surface area (Å²) in [6, 6.07) is 0. The summed E-state index contributed by atoms with van der Waals surface area (Å²) < 4.78 is 34.2. The molecule has 0 aliphatic rings. The molecule has 0 radical (unpaired) electrons. The SMILES string of the molecule is CC/C=C/C/C=C/C/C=C/C/C=C/C/C=C/CCCC(=O)OC(CO/C=C\CCCCCCCCCCCCCC)COP(=O)([O-])OCC[N+](C)(C)C. The number of carbonyl (C=O) groups is 1. The van der Waals surface area contributed by atoms with Gasteiger partial charge in [-0.1, -0.05) is 145 Å². The van der Waals surface area contributed by atoms with Gasteiger partial charge in [-0.3, -0.25) is 9.36 Å². The molecule has 2 unspecified atom stereocenters. The molecule has 2 atom stereocenters. The predicted molar refractivity (Wildman–Crippen MR) is 221 cm³/mol. The van der Waals surface area contributed by atoms with Crippen molar-refractivity contribution in [1.82, 2.24) is 0 Å². The molecule has 306 valence electrons. The number of phosphoric ester groups is 1. The molecule has 0 spiro atoms. The van der Waals surface area contributed by atoms with Crippen LogP contribution in [0.1, 0.15) is 149 Å². The Kier molecular flexibility index (Phi) is 35.2. The van der Waals surface area contributed by atoms with Crippen molar-refractivity contribution in [2.45, 2.75) is 155 Å². The van der Waals surface area contributed by atoms with Gasteiger partial charge in [-0.25, -0.2) is 0 Å². The molecule has 0 rings (SSSR count). The Bertz CT molecular complexity index is 1070. The molecule has 0 heterocycles. The topological polar surface area (TPSA) is 94.1 Å². The summed E-state index contributed by atoms with van der Waals surface area (Å²) in [5, 5.41) is 0. The van der Waals surface area contributed by atoms with Crippen LogP contribution in [0.2, 0.25) is 0 Å². The monoisotopic (exact) mass is 764 g/mol. The van der Waals surface area contributed by atoms with E-state index in [0.29, 0.717) is 17.4 Å². The van der Waals surface area contributed by atoms with Gasteiger partial charge in [-0.2, -0.15) is 0 Å². The largest absolute Gasteiger partial charge is 0.756 e. The highest BCUT2D eigenvalue weighted by molar-refractivity contribution is 7.45. The summed E-state index contributed by atoms with van der Waals surface area (Å²) in [6.45, 7) is 4.53. The molecule has 0 bridgehead atoms. The van der Waals surface area contributed by atoms with Crippen LogP contribution in [-0.2, 0) is 27.9 Å². The maximum atomic E-state index is 12.6. The summed E-state index contributed by atoms with van der Waals surface area (Å²) in [6.07, 6.45) is 47.3. The van der Waals surface area contributed by atoms with Crippen molar-refractivity contribution in [2.24, 2.45) is 0 Å². The maximum Gasteiger partial charge on any atom is 0.306 e. The van der Waals surface area contributed by atoms with Gasteiger partial charge >= 0.3 is 5.97 Å². The number of likely N-dealkylation sites (N-methyl/N-ethyl adjacent to an activating group) is 1. The van der Waals surface area contributed by atoms with Crippen LogP contribution in [0.3, 0.4) is 0 Å². The number of hydrogen-bond donors (Lipinski definition) is 0. The van der Waals surface area contributed by atoms with E-state index in [1.54, 1.807) is 6.26 Å². The van der Waals surface area contributed by atoms with Crippen LogP contribution >= 0.6 is 7.82 Å². The Morgan fingerprint density at radius 1 is 0.623 bits per heavy atom. The second-order valence-electron chi connectivity index (χ2n) is 14.7. The number of allylic oxidation sites excluding steroid dienone is 11. The Morgan fingerprint density at radius 2 is 1.11 bits per heavy atom. The molecule has 0 aromatic rings. The zero-order valence-corrected chi connectivity index (χ0v) is 35.3. The van der Waals surface area contributed by atoms with Crippen molar-refractivity contribution < 1.29 is 37.3 Å². The van der Waals surface area contributed by atoms with Crippen molar-refractivity contribution >= 4 is 13.8 Å². The van der Waals surface area contributed by atoms with Crippen molar-refractivity contribution in [3.63, 3.8) is 0 Å². The molecule has 8 nitrogen and oxygen atoms in total. The molecule has 0 aromatic carbocycles. The fraction of sp³-hybridized carbons (Fsp3) is 0.705. The molecule has 0 saturated heterocycles. The van der Waals surface area contributed by atoms with Crippen molar-refractivity contribution in [3.8, 4) is 0 Å². The molecular weight excluding hydrogens is 685 g/mol. The van der Waals surface area contributed by atoms with Crippen LogP contribution < -0.4 is 4.89 Å². The highest BCUT2D eigenvalue weighted by atomic mass is 31.2. The lowest BCUT2D eigenvalue weighted by molar-refractivity contribution is -0.870. The third-order valence-corrected chi connectivity index (χ3v) is 9.30. The fourth-order valence-corrected chi connectivity index (χ4v) is 5.86. The molecular formula is C44H78NO7P. The van der Waals surface area contributed by atoms with Gasteiger partial charge in [-0.15, -0.1) is 0 Å². The molecule has 0 aromatic heterocycles. The van der Waals surface area contributed by atoms with E-state index < -0.39 is 19.9 Å². The van der Waals surface area contributed by atoms with Crippen LogP contribution in [0.4, 0.5) is 0 Å². The lowest BCUT2D eigenvalue weighted by Crippen LogP contribution is -2.37. The second kappa shape index (κ2) is 36.7. The molecule has 0 saturated carbocycles. The van der Waals surface area contributed by atoms with Crippen LogP contribution in [0.15, 0.2) is 73.1 Å². The minimum Gasteiger partial charge on any atom is -0.756 e. The van der Waals surface area contributed by atoms with E-state index in [-0.39, 0.29) is 26.2 Å². The summed E-state index contributed by atoms with van der Waals surface area (Å²) >= 11 is 0. The molecule has 0 N–H and O–H groups in total. The Morgan fingerprint density at radius 3 is 1.64 bits per heavy atom. The smallest absolute Gasteiger partial charge is 0.306 e. The van der Waals surface area contributed by atoms with Crippen molar-refractivity contribution in [1.29, 1.82) is 0 Å². The molecule has 53 heavy (non-hydrogen) atoms. The van der Waals surface area contributed by atoms with E-state index in [0.717, 1.165) is 51.4 Å². The van der Waals surface area contributed by atoms with Gasteiger partial charge in [-0.05, 0) is 63.9 Å². The zero-order valence-electron chi connectivity index (χ0n) is 34.4. The van der Waals surface area contributed by atoms with Gasteiger partial charge in [0.05, 0.1) is 34.0 Å². The average molecular weight is 764 g/mol. The van der Waals surface area contributed by atoms with Crippen LogP contribution in [0.25, 0.3) is 0 Å². The minimum absolute atomic E-state index is 0.00287. The lowest BCUT2D eigenvalue weighted by Gasteiger charge is -2.28. The van der Waals surface area contributed by atoms with Gasteiger partial charge in [0.2, 0.25) is 0 Å². The number of ether oxygens (including phenoxy) is 2. The quantitative estimate of drug-likeness (QED) is 0.0155. The summed E-state index contributed by atoms with van der Waals surface area (Å²) in [5.74, 6) is -0.415. The average Bonchev–Trinajstić information content (AvgIpc) is 3.11. The minimum atomic E-state index is -4.56. The van der Waals surface area contributed by atoms with Crippen LogP contribution in [-0.4, -0.2) is 64.1 Å². The van der Waals surface area contributed by atoms with E-state index in [1.165, 1.54) is 70.6 Å². The first-order chi connectivity index (χ1) is 25.6. The van der Waals surface area contributed by atoms with E-state index in [2.05, 4.69) is 74.6 Å². The Labute approximate surface area is 325 Å². The summed E-state index contributed by atoms with van der Waals surface area (Å²) in [7, 11) is 1.28. The Hall–Kier alpha value is -2.22. The normalized spacial score (nSPS) is 14.5. The van der Waals surface area contributed by atoms with Crippen LogP contribution in [0, 0.1) is 0 Å². The first-order valence-corrected chi connectivity index (χ1v) is 22.2. The van der Waals surface area contributed by atoms with E-state index >= 15 is 0 Å². The highest BCUT2D eigenvalue weighted by Gasteiger charge is 2.20. The van der Waals surface area contributed by atoms with E-state index in [4.69, 9.17) is 18.5 Å². The molecule has 0 amide bonds. The number of esters is 1. The van der Waals surface area contributed by atoms with Crippen LogP contribution in [0.5, 0.6) is 0 Å². The summed E-state index contributed by atoms with van der Waals surface area (Å²) in [4.78, 5) is 24.9. The van der Waals surface area contributed by atoms with Crippen molar-refractivity contribution in [3.05, 3.63) is 73.1 Å². The molecule has 0 fully saturated rings. The highest BCUT2D eigenvalue weighted by Crippen LogP contribution is 2.38. The zero-order chi connectivity index (χ0) is 39.1. The van der Waals surface area contributed by atoms with E-state index in [9.17, 15) is 14.3 Å². The summed E-state index contributed by atoms with van der Waals surface area (Å²) in [5.41, 5.74) is 0. The number of phosphoric acid groups is 1. The molecule has 0 aliphatic carbocycles.